The first kappa shape index (κ1) is 18.0. The summed E-state index contributed by atoms with van der Waals surface area (Å²) >= 11 is 1.60. The average molecular weight is 409 g/mol. The van der Waals surface area contributed by atoms with Gasteiger partial charge in [-0.05, 0) is 25.1 Å². The fourth-order valence-electron chi connectivity index (χ4n) is 3.69. The van der Waals surface area contributed by atoms with Gasteiger partial charge in [0.2, 0.25) is 0 Å². The van der Waals surface area contributed by atoms with Crippen LogP contribution in [0.4, 0.5) is 10.5 Å². The molecule has 1 saturated heterocycles. The number of anilines is 1. The van der Waals surface area contributed by atoms with Crippen molar-refractivity contribution in [3.63, 3.8) is 0 Å². The summed E-state index contributed by atoms with van der Waals surface area (Å²) in [5.74, 6) is -0.142. The van der Waals surface area contributed by atoms with Gasteiger partial charge < -0.3 is 20.7 Å². The maximum absolute atomic E-state index is 13.3. The minimum atomic E-state index is -0.417. The highest BCUT2D eigenvalue weighted by Gasteiger charge is 2.35. The van der Waals surface area contributed by atoms with Crippen LogP contribution in [0.1, 0.15) is 20.8 Å². The first-order valence-corrected chi connectivity index (χ1v) is 10.2. The van der Waals surface area contributed by atoms with E-state index in [-0.39, 0.29) is 5.78 Å². The Morgan fingerprint density at radius 2 is 2.17 bits per heavy atom. The number of carbonyl (C=O) groups excluding carboxylic acids is 2. The summed E-state index contributed by atoms with van der Waals surface area (Å²) in [4.78, 5) is 27.8. The van der Waals surface area contributed by atoms with Gasteiger partial charge in [0.05, 0.1) is 34.0 Å². The molecule has 2 amide bonds. The molecular formula is C20H19N5O3S. The largest absolute Gasteiger partial charge is 0.356 e. The van der Waals surface area contributed by atoms with Gasteiger partial charge in [-0.25, -0.2) is 4.79 Å². The van der Waals surface area contributed by atoms with E-state index in [1.165, 1.54) is 0 Å². The van der Waals surface area contributed by atoms with Crippen LogP contribution in [-0.4, -0.2) is 47.9 Å². The summed E-state index contributed by atoms with van der Waals surface area (Å²) in [6.45, 7) is 3.86. The van der Waals surface area contributed by atoms with Gasteiger partial charge in [0.1, 0.15) is 11.9 Å². The monoisotopic (exact) mass is 409 g/mol. The molecule has 5 rings (SSSR count). The van der Waals surface area contributed by atoms with Crippen molar-refractivity contribution < 1.29 is 14.3 Å². The lowest BCUT2D eigenvalue weighted by molar-refractivity contribution is 0.0156. The van der Waals surface area contributed by atoms with Crippen molar-refractivity contribution in [3.05, 3.63) is 46.3 Å². The number of nitrogens with one attached hydrogen (secondary N) is 4. The maximum atomic E-state index is 13.3. The number of ketones is 1. The first-order valence-electron chi connectivity index (χ1n) is 9.35. The van der Waals surface area contributed by atoms with Crippen LogP contribution in [0.25, 0.3) is 21.8 Å². The number of thiophene rings is 1. The Bertz CT molecular complexity index is 1110. The second kappa shape index (κ2) is 7.11. The van der Waals surface area contributed by atoms with E-state index in [1.807, 2.05) is 25.1 Å². The lowest BCUT2D eigenvalue weighted by atomic mass is 10.1. The van der Waals surface area contributed by atoms with Gasteiger partial charge in [0, 0.05) is 23.5 Å². The van der Waals surface area contributed by atoms with Crippen molar-refractivity contribution in [1.82, 2.24) is 20.8 Å². The highest BCUT2D eigenvalue weighted by molar-refractivity contribution is 7.15. The fourth-order valence-corrected chi connectivity index (χ4v) is 4.56. The summed E-state index contributed by atoms with van der Waals surface area (Å²) in [7, 11) is 0. The van der Waals surface area contributed by atoms with E-state index in [2.05, 4.69) is 26.1 Å². The molecule has 8 nitrogen and oxygen atoms in total. The lowest BCUT2D eigenvalue weighted by Gasteiger charge is -2.24. The molecule has 0 saturated carbocycles. The Morgan fingerprint density at radius 3 is 2.93 bits per heavy atom. The molecule has 29 heavy (non-hydrogen) atoms. The number of rotatable bonds is 3. The highest BCUT2D eigenvalue weighted by atomic mass is 32.1. The van der Waals surface area contributed by atoms with Crippen molar-refractivity contribution in [1.29, 1.82) is 0 Å². The Balaban J connectivity index is 1.44. The maximum Gasteiger partial charge on any atom is 0.321 e. The Morgan fingerprint density at radius 1 is 1.28 bits per heavy atom. The minimum absolute atomic E-state index is 0.142. The third kappa shape index (κ3) is 3.13. The quantitative estimate of drug-likeness (QED) is 0.416. The molecule has 1 aliphatic heterocycles. The van der Waals surface area contributed by atoms with Crippen LogP contribution >= 0.6 is 11.3 Å². The molecule has 2 aliphatic rings. The number of hydrogen-bond donors (Lipinski definition) is 4. The third-order valence-corrected chi connectivity index (χ3v) is 6.01. The molecule has 9 heteroatoms. The van der Waals surface area contributed by atoms with E-state index in [0.29, 0.717) is 41.2 Å². The van der Waals surface area contributed by atoms with E-state index in [4.69, 9.17) is 4.74 Å². The van der Waals surface area contributed by atoms with Crippen molar-refractivity contribution in [2.75, 3.05) is 25.0 Å². The molecule has 3 heterocycles. The van der Waals surface area contributed by atoms with Crippen molar-refractivity contribution >= 4 is 28.8 Å². The van der Waals surface area contributed by atoms with E-state index < -0.39 is 12.3 Å². The van der Waals surface area contributed by atoms with Crippen molar-refractivity contribution in [3.8, 4) is 21.8 Å². The number of amides is 2. The topological polar surface area (TPSA) is 108 Å². The summed E-state index contributed by atoms with van der Waals surface area (Å²) < 4.78 is 5.49. The van der Waals surface area contributed by atoms with Gasteiger partial charge in [0.25, 0.3) is 0 Å². The second-order valence-corrected chi connectivity index (χ2v) is 8.24. The molecule has 1 aromatic carbocycles. The summed E-state index contributed by atoms with van der Waals surface area (Å²) in [6.07, 6.45) is -0.402. The van der Waals surface area contributed by atoms with Gasteiger partial charge in [-0.1, -0.05) is 12.1 Å². The Labute approximate surface area is 170 Å². The number of ether oxygens (including phenoxy) is 1. The van der Waals surface area contributed by atoms with Gasteiger partial charge in [-0.15, -0.1) is 11.3 Å². The van der Waals surface area contributed by atoms with Gasteiger partial charge in [-0.2, -0.15) is 5.10 Å². The molecule has 148 valence electrons. The molecule has 3 aromatic rings. The first-order chi connectivity index (χ1) is 14.1. The number of carbonyl (C=O) groups is 2. The Hall–Kier alpha value is -3.01. The number of aromatic amines is 1. The number of fused-ring (bicyclic) bond motifs is 3. The normalized spacial score (nSPS) is 17.7. The van der Waals surface area contributed by atoms with E-state index in [0.717, 1.165) is 22.0 Å². The number of nitrogens with zero attached hydrogens (tertiary/aromatic N) is 1. The van der Waals surface area contributed by atoms with Crippen LogP contribution in [0.3, 0.4) is 0 Å². The molecule has 2 aromatic heterocycles. The van der Waals surface area contributed by atoms with Crippen LogP contribution in [0.15, 0.2) is 30.3 Å². The number of aromatic nitrogens is 2. The lowest BCUT2D eigenvalue weighted by Crippen LogP contribution is -2.50. The molecule has 0 spiro atoms. The summed E-state index contributed by atoms with van der Waals surface area (Å²) in [5, 5.41) is 16.1. The molecule has 0 radical (unpaired) electrons. The summed E-state index contributed by atoms with van der Waals surface area (Å²) in [6, 6.07) is 8.95. The number of morpholine rings is 1. The average Bonchev–Trinajstić information content (AvgIpc) is 3.40. The number of urea groups is 1. The van der Waals surface area contributed by atoms with Gasteiger partial charge >= 0.3 is 6.03 Å². The molecular weight excluding hydrogens is 390 g/mol. The molecule has 1 aliphatic carbocycles. The predicted octanol–water partition coefficient (Wildman–Crippen LogP) is 2.73. The van der Waals surface area contributed by atoms with Crippen LogP contribution < -0.4 is 16.0 Å². The van der Waals surface area contributed by atoms with E-state index >= 15 is 0 Å². The number of hydrogen-bond acceptors (Lipinski definition) is 6. The highest BCUT2D eigenvalue weighted by Crippen LogP contribution is 2.43. The number of aryl methyl sites for hydroxylation is 1. The zero-order chi connectivity index (χ0) is 20.0. The standard InChI is InChI=1S/C20H19N5O3S/c1-10-5-6-13(29-10)18-16-17(24-25-18)11-3-2-4-12(15(11)19(16)26)22-20(27)23-14-9-21-7-8-28-14/h2-6,14,21H,7-9H2,1H3,(H,24,25)(H2,22,23,27). The van der Waals surface area contributed by atoms with Crippen LogP contribution in [-0.2, 0) is 4.74 Å². The zero-order valence-corrected chi connectivity index (χ0v) is 16.5. The van der Waals surface area contributed by atoms with Crippen LogP contribution in [0, 0.1) is 6.92 Å². The number of H-pyrrole nitrogens is 1. The third-order valence-electron chi connectivity index (χ3n) is 4.99. The van der Waals surface area contributed by atoms with Gasteiger partial charge in [0.15, 0.2) is 5.78 Å². The fraction of sp³-hybridized carbons (Fsp3) is 0.250. The van der Waals surface area contributed by atoms with E-state index in [1.54, 1.807) is 23.5 Å². The zero-order valence-electron chi connectivity index (χ0n) is 15.7. The summed E-state index contributed by atoms with van der Waals surface area (Å²) in [5.41, 5.74) is 3.53. The SMILES string of the molecule is Cc1ccc(-c2[nH]nc3c2C(=O)c2c(NC(=O)NC4CNCCO4)cccc2-3)s1. The van der Waals surface area contributed by atoms with Crippen LogP contribution in [0.2, 0.25) is 0 Å². The predicted molar refractivity (Wildman–Crippen MR) is 110 cm³/mol. The molecule has 1 unspecified atom stereocenters. The molecule has 4 N–H and O–H groups in total. The minimum Gasteiger partial charge on any atom is -0.356 e. The van der Waals surface area contributed by atoms with Crippen molar-refractivity contribution in [2.45, 2.75) is 13.2 Å². The smallest absolute Gasteiger partial charge is 0.321 e. The molecule has 1 atom stereocenters. The Kier molecular flexibility index (Phi) is 4.42. The van der Waals surface area contributed by atoms with Gasteiger partial charge in [-0.3, -0.25) is 9.89 Å². The second-order valence-electron chi connectivity index (χ2n) is 6.95. The molecule has 1 fully saturated rings. The number of benzene rings is 1. The van der Waals surface area contributed by atoms with E-state index in [9.17, 15) is 9.59 Å². The molecule has 0 bridgehead atoms. The van der Waals surface area contributed by atoms with Crippen molar-refractivity contribution in [2.24, 2.45) is 0 Å². The van der Waals surface area contributed by atoms with Crippen LogP contribution in [0.5, 0.6) is 0 Å².